The lowest BCUT2D eigenvalue weighted by atomic mass is 10.1. The fourth-order valence-corrected chi connectivity index (χ4v) is 3.28. The van der Waals surface area contributed by atoms with Gasteiger partial charge >= 0.3 is 6.18 Å². The maximum Gasteiger partial charge on any atom is 0.416 e. The minimum absolute atomic E-state index is 0.237. The molecule has 4 rings (SSSR count). The van der Waals surface area contributed by atoms with Crippen LogP contribution in [0.15, 0.2) is 60.8 Å². The summed E-state index contributed by atoms with van der Waals surface area (Å²) in [4.78, 5) is 16.2. The van der Waals surface area contributed by atoms with E-state index >= 15 is 0 Å². The summed E-state index contributed by atoms with van der Waals surface area (Å²) in [5, 5.41) is 7.97. The summed E-state index contributed by atoms with van der Waals surface area (Å²) < 4.78 is 40.3. The van der Waals surface area contributed by atoms with Crippen LogP contribution in [0.25, 0.3) is 5.69 Å². The summed E-state index contributed by atoms with van der Waals surface area (Å²) in [6.07, 6.45) is -2.80. The van der Waals surface area contributed by atoms with Crippen LogP contribution < -0.4 is 4.90 Å². The van der Waals surface area contributed by atoms with Crippen LogP contribution in [-0.4, -0.2) is 52.0 Å². The molecule has 1 aliphatic heterocycles. The molecule has 1 fully saturated rings. The molecular weight excluding hydrogens is 383 g/mol. The van der Waals surface area contributed by atoms with E-state index in [-0.39, 0.29) is 11.6 Å². The quantitative estimate of drug-likeness (QED) is 0.676. The van der Waals surface area contributed by atoms with Gasteiger partial charge in [-0.25, -0.2) is 4.68 Å². The predicted octanol–water partition coefficient (Wildman–Crippen LogP) is 3.25. The summed E-state index contributed by atoms with van der Waals surface area (Å²) in [6, 6.07) is 14.6. The third-order valence-electron chi connectivity index (χ3n) is 4.84. The smallest absolute Gasteiger partial charge is 0.368 e. The van der Waals surface area contributed by atoms with Crippen LogP contribution in [0.2, 0.25) is 0 Å². The van der Waals surface area contributed by atoms with Crippen LogP contribution in [0.1, 0.15) is 16.1 Å². The number of nitrogens with zero attached hydrogens (tertiary/aromatic N) is 5. The summed E-state index contributed by atoms with van der Waals surface area (Å²) >= 11 is 0. The minimum Gasteiger partial charge on any atom is -0.368 e. The molecule has 1 amide bonds. The number of hydrogen-bond donors (Lipinski definition) is 0. The van der Waals surface area contributed by atoms with Gasteiger partial charge in [-0.3, -0.25) is 4.79 Å². The SMILES string of the molecule is O=C(c1cn(-c2ccccc2)nn1)N1CCN(c2cccc(C(F)(F)F)c2)CC1. The Kier molecular flexibility index (Phi) is 4.96. The van der Waals surface area contributed by atoms with Gasteiger partial charge in [-0.15, -0.1) is 5.10 Å². The number of para-hydroxylation sites is 1. The average molecular weight is 401 g/mol. The monoisotopic (exact) mass is 401 g/mol. The molecule has 150 valence electrons. The third kappa shape index (κ3) is 4.08. The summed E-state index contributed by atoms with van der Waals surface area (Å²) in [6.45, 7) is 1.68. The largest absolute Gasteiger partial charge is 0.416 e. The predicted molar refractivity (Wildman–Crippen MR) is 101 cm³/mol. The Labute approximate surface area is 165 Å². The van der Waals surface area contributed by atoms with Gasteiger partial charge in [0.1, 0.15) is 0 Å². The van der Waals surface area contributed by atoms with Crippen LogP contribution in [0.3, 0.4) is 0 Å². The van der Waals surface area contributed by atoms with Crippen LogP contribution in [-0.2, 0) is 6.18 Å². The number of carbonyl (C=O) groups excluding carboxylic acids is 1. The first kappa shape index (κ1) is 19.0. The molecule has 1 aromatic heterocycles. The van der Waals surface area contributed by atoms with E-state index in [0.29, 0.717) is 31.9 Å². The fourth-order valence-electron chi connectivity index (χ4n) is 3.28. The van der Waals surface area contributed by atoms with E-state index in [1.165, 1.54) is 10.7 Å². The molecule has 0 saturated carbocycles. The van der Waals surface area contributed by atoms with Gasteiger partial charge in [0.05, 0.1) is 17.4 Å². The number of amides is 1. The molecule has 29 heavy (non-hydrogen) atoms. The normalized spacial score (nSPS) is 14.9. The average Bonchev–Trinajstić information content (AvgIpc) is 3.24. The van der Waals surface area contributed by atoms with E-state index in [2.05, 4.69) is 10.3 Å². The standard InChI is InChI=1S/C20H18F3N5O/c21-20(22,23)15-5-4-8-17(13-15)26-9-11-27(12-10-26)19(29)18-14-28(25-24-18)16-6-2-1-3-7-16/h1-8,13-14H,9-12H2. The molecule has 0 N–H and O–H groups in total. The second-order valence-electron chi connectivity index (χ2n) is 6.71. The maximum atomic E-state index is 12.9. The second kappa shape index (κ2) is 7.57. The first-order valence-electron chi connectivity index (χ1n) is 9.11. The number of rotatable bonds is 3. The Balaban J connectivity index is 1.41. The van der Waals surface area contributed by atoms with E-state index in [1.807, 2.05) is 35.2 Å². The van der Waals surface area contributed by atoms with Crippen LogP contribution >= 0.6 is 0 Å². The Morgan fingerprint density at radius 3 is 2.28 bits per heavy atom. The maximum absolute atomic E-state index is 12.9. The molecule has 6 nitrogen and oxygen atoms in total. The number of alkyl halides is 3. The highest BCUT2D eigenvalue weighted by atomic mass is 19.4. The van der Waals surface area contributed by atoms with Crippen molar-refractivity contribution in [3.63, 3.8) is 0 Å². The van der Waals surface area contributed by atoms with Gasteiger partial charge in [0.15, 0.2) is 5.69 Å². The zero-order valence-corrected chi connectivity index (χ0v) is 15.4. The molecule has 2 heterocycles. The molecule has 1 saturated heterocycles. The van der Waals surface area contributed by atoms with Crippen molar-refractivity contribution in [2.75, 3.05) is 31.1 Å². The van der Waals surface area contributed by atoms with Crippen molar-refractivity contribution in [3.05, 3.63) is 72.1 Å². The number of aromatic nitrogens is 3. The topological polar surface area (TPSA) is 54.3 Å². The van der Waals surface area contributed by atoms with Gasteiger partial charge in [-0.05, 0) is 30.3 Å². The zero-order chi connectivity index (χ0) is 20.4. The molecule has 3 aromatic rings. The lowest BCUT2D eigenvalue weighted by Gasteiger charge is -2.36. The molecule has 0 bridgehead atoms. The van der Waals surface area contributed by atoms with Gasteiger partial charge in [-0.2, -0.15) is 13.2 Å². The Morgan fingerprint density at radius 2 is 1.59 bits per heavy atom. The van der Waals surface area contributed by atoms with Crippen LogP contribution in [0.4, 0.5) is 18.9 Å². The lowest BCUT2D eigenvalue weighted by Crippen LogP contribution is -2.49. The third-order valence-corrected chi connectivity index (χ3v) is 4.84. The first-order chi connectivity index (χ1) is 13.9. The van der Waals surface area contributed by atoms with E-state index in [4.69, 9.17) is 0 Å². The van der Waals surface area contributed by atoms with E-state index < -0.39 is 11.7 Å². The summed E-state index contributed by atoms with van der Waals surface area (Å²) in [5.41, 5.74) is 0.864. The van der Waals surface area contributed by atoms with E-state index in [9.17, 15) is 18.0 Å². The number of halogens is 3. The highest BCUT2D eigenvalue weighted by Crippen LogP contribution is 2.31. The molecule has 0 radical (unpaired) electrons. The number of hydrogen-bond acceptors (Lipinski definition) is 4. The molecule has 0 spiro atoms. The summed E-state index contributed by atoms with van der Waals surface area (Å²) in [7, 11) is 0. The highest BCUT2D eigenvalue weighted by molar-refractivity contribution is 5.92. The first-order valence-corrected chi connectivity index (χ1v) is 9.11. The number of anilines is 1. The van der Waals surface area contributed by atoms with Crippen molar-refractivity contribution in [1.29, 1.82) is 0 Å². The van der Waals surface area contributed by atoms with Crippen LogP contribution in [0, 0.1) is 0 Å². The number of benzene rings is 2. The van der Waals surface area contributed by atoms with E-state index in [1.54, 1.807) is 17.2 Å². The van der Waals surface area contributed by atoms with Gasteiger partial charge in [0, 0.05) is 31.9 Å². The van der Waals surface area contributed by atoms with E-state index in [0.717, 1.165) is 17.8 Å². The molecule has 1 aliphatic rings. The molecule has 0 unspecified atom stereocenters. The molecule has 9 heteroatoms. The van der Waals surface area contributed by atoms with Crippen molar-refractivity contribution < 1.29 is 18.0 Å². The number of piperazine rings is 1. The molecule has 0 aliphatic carbocycles. The summed E-state index contributed by atoms with van der Waals surface area (Å²) in [5.74, 6) is -0.240. The minimum atomic E-state index is -4.38. The van der Waals surface area contributed by atoms with Gasteiger partial charge in [0.25, 0.3) is 5.91 Å². The zero-order valence-electron chi connectivity index (χ0n) is 15.4. The molecule has 0 atom stereocenters. The Morgan fingerprint density at radius 1 is 0.897 bits per heavy atom. The van der Waals surface area contributed by atoms with Crippen molar-refractivity contribution in [2.24, 2.45) is 0 Å². The molecule has 2 aromatic carbocycles. The second-order valence-corrected chi connectivity index (χ2v) is 6.71. The van der Waals surface area contributed by atoms with Crippen molar-refractivity contribution in [1.82, 2.24) is 19.9 Å². The lowest BCUT2D eigenvalue weighted by molar-refractivity contribution is -0.137. The van der Waals surface area contributed by atoms with Crippen LogP contribution in [0.5, 0.6) is 0 Å². The number of carbonyl (C=O) groups is 1. The fraction of sp³-hybridized carbons (Fsp3) is 0.250. The Bertz CT molecular complexity index is 995. The van der Waals surface area contributed by atoms with Gasteiger partial charge < -0.3 is 9.80 Å². The van der Waals surface area contributed by atoms with Crippen molar-refractivity contribution >= 4 is 11.6 Å². The van der Waals surface area contributed by atoms with Crippen molar-refractivity contribution in [2.45, 2.75) is 6.18 Å². The molecular formula is C20H18F3N5O. The van der Waals surface area contributed by atoms with Gasteiger partial charge in [0.2, 0.25) is 0 Å². The highest BCUT2D eigenvalue weighted by Gasteiger charge is 2.31. The van der Waals surface area contributed by atoms with Gasteiger partial charge in [-0.1, -0.05) is 29.5 Å². The Hall–Kier alpha value is -3.36. The van der Waals surface area contributed by atoms with Crippen molar-refractivity contribution in [3.8, 4) is 5.69 Å².